The summed E-state index contributed by atoms with van der Waals surface area (Å²) in [6.07, 6.45) is 2.59. The molecule has 3 heterocycles. The van der Waals surface area contributed by atoms with E-state index in [0.29, 0.717) is 18.4 Å². The van der Waals surface area contributed by atoms with E-state index in [1.54, 1.807) is 18.2 Å². The number of likely N-dealkylation sites (N-methyl/N-ethyl adjacent to an activating group) is 1. The van der Waals surface area contributed by atoms with Gasteiger partial charge in [0, 0.05) is 20.1 Å². The van der Waals surface area contributed by atoms with Crippen LogP contribution in [0.3, 0.4) is 0 Å². The molecule has 2 atom stereocenters. The summed E-state index contributed by atoms with van der Waals surface area (Å²) in [4.78, 5) is 24.2. The SMILES string of the molecule is COc1nc(N2CC[C@H]3[C@@H](C2)NC(=O)N3C)ncc1Br. The van der Waals surface area contributed by atoms with Crippen molar-refractivity contribution < 1.29 is 9.53 Å². The first-order valence-electron chi connectivity index (χ1n) is 6.45. The number of hydrogen-bond donors (Lipinski definition) is 1. The smallest absolute Gasteiger partial charge is 0.317 e. The minimum Gasteiger partial charge on any atom is -0.480 e. The van der Waals surface area contributed by atoms with Crippen LogP contribution >= 0.6 is 15.9 Å². The van der Waals surface area contributed by atoms with Gasteiger partial charge in [-0.1, -0.05) is 0 Å². The van der Waals surface area contributed by atoms with E-state index < -0.39 is 0 Å². The lowest BCUT2D eigenvalue weighted by atomic mass is 10.0. The molecule has 1 N–H and O–H groups in total. The summed E-state index contributed by atoms with van der Waals surface area (Å²) in [5, 5.41) is 2.99. The summed E-state index contributed by atoms with van der Waals surface area (Å²) in [5.74, 6) is 1.15. The maximum Gasteiger partial charge on any atom is 0.317 e. The van der Waals surface area contributed by atoms with Gasteiger partial charge in [-0.2, -0.15) is 4.98 Å². The molecule has 2 aliphatic rings. The predicted octanol–water partition coefficient (Wildman–Crippen LogP) is 0.850. The summed E-state index contributed by atoms with van der Waals surface area (Å²) in [7, 11) is 3.42. The number of methoxy groups -OCH3 is 1. The highest BCUT2D eigenvalue weighted by molar-refractivity contribution is 9.10. The molecule has 1 aromatic rings. The number of carbonyl (C=O) groups excluding carboxylic acids is 1. The first kappa shape index (κ1) is 13.4. The maximum absolute atomic E-state index is 11.7. The van der Waals surface area contributed by atoms with Gasteiger partial charge < -0.3 is 19.9 Å². The van der Waals surface area contributed by atoms with E-state index in [0.717, 1.165) is 17.4 Å². The predicted molar refractivity (Wildman–Crippen MR) is 77.0 cm³/mol. The molecule has 2 amide bonds. The number of amides is 2. The van der Waals surface area contributed by atoms with E-state index in [1.165, 1.54) is 0 Å². The number of aromatic nitrogens is 2. The van der Waals surface area contributed by atoms with Crippen molar-refractivity contribution in [3.63, 3.8) is 0 Å². The van der Waals surface area contributed by atoms with Gasteiger partial charge in [-0.05, 0) is 22.4 Å². The molecular weight excluding hydrogens is 326 g/mol. The molecule has 20 heavy (non-hydrogen) atoms. The molecule has 1 aromatic heterocycles. The summed E-state index contributed by atoms with van der Waals surface area (Å²) in [5.41, 5.74) is 0. The monoisotopic (exact) mass is 341 g/mol. The Balaban J connectivity index is 1.78. The molecule has 3 rings (SSSR count). The van der Waals surface area contributed by atoms with Crippen LogP contribution in [0.5, 0.6) is 5.88 Å². The number of rotatable bonds is 2. The third-order valence-corrected chi connectivity index (χ3v) is 4.42. The lowest BCUT2D eigenvalue weighted by Crippen LogP contribution is -2.51. The van der Waals surface area contributed by atoms with Crippen molar-refractivity contribution in [2.75, 3.05) is 32.1 Å². The second kappa shape index (κ2) is 5.08. The molecule has 0 unspecified atom stereocenters. The van der Waals surface area contributed by atoms with Crippen molar-refractivity contribution in [2.24, 2.45) is 0 Å². The molecule has 108 valence electrons. The van der Waals surface area contributed by atoms with Gasteiger partial charge in [-0.3, -0.25) is 0 Å². The Morgan fingerprint density at radius 1 is 1.55 bits per heavy atom. The number of nitrogens with zero attached hydrogens (tertiary/aromatic N) is 4. The van der Waals surface area contributed by atoms with E-state index in [2.05, 4.69) is 36.1 Å². The fourth-order valence-corrected chi connectivity index (χ4v) is 3.13. The Bertz CT molecular complexity index is 541. The van der Waals surface area contributed by atoms with Gasteiger partial charge in [0.25, 0.3) is 0 Å². The number of anilines is 1. The largest absolute Gasteiger partial charge is 0.480 e. The fourth-order valence-electron chi connectivity index (χ4n) is 2.78. The number of carbonyl (C=O) groups is 1. The molecule has 0 aliphatic carbocycles. The van der Waals surface area contributed by atoms with E-state index in [1.807, 2.05) is 7.05 Å². The number of piperidine rings is 1. The van der Waals surface area contributed by atoms with Gasteiger partial charge in [-0.15, -0.1) is 0 Å². The number of ether oxygens (including phenoxy) is 1. The molecule has 0 saturated carbocycles. The second-order valence-electron chi connectivity index (χ2n) is 5.00. The fraction of sp³-hybridized carbons (Fsp3) is 0.583. The molecule has 0 aromatic carbocycles. The van der Waals surface area contributed by atoms with Gasteiger partial charge in [0.2, 0.25) is 11.8 Å². The molecule has 0 radical (unpaired) electrons. The Kier molecular flexibility index (Phi) is 3.41. The highest BCUT2D eigenvalue weighted by Crippen LogP contribution is 2.27. The number of fused-ring (bicyclic) bond motifs is 1. The van der Waals surface area contributed by atoms with E-state index in [4.69, 9.17) is 4.74 Å². The molecular formula is C12H16BrN5O2. The minimum atomic E-state index is -0.00356. The summed E-state index contributed by atoms with van der Waals surface area (Å²) < 4.78 is 5.92. The van der Waals surface area contributed by atoms with Crippen LogP contribution in [0.2, 0.25) is 0 Å². The first-order valence-corrected chi connectivity index (χ1v) is 7.24. The lowest BCUT2D eigenvalue weighted by molar-refractivity contribution is 0.211. The van der Waals surface area contributed by atoms with Gasteiger partial charge >= 0.3 is 6.03 Å². The van der Waals surface area contributed by atoms with E-state index in [9.17, 15) is 4.79 Å². The van der Waals surface area contributed by atoms with Crippen molar-refractivity contribution in [3.05, 3.63) is 10.7 Å². The van der Waals surface area contributed by atoms with Crippen LogP contribution in [-0.4, -0.2) is 60.2 Å². The molecule has 8 heteroatoms. The average molecular weight is 342 g/mol. The van der Waals surface area contributed by atoms with Crippen molar-refractivity contribution in [3.8, 4) is 5.88 Å². The van der Waals surface area contributed by atoms with Crippen molar-refractivity contribution in [2.45, 2.75) is 18.5 Å². The van der Waals surface area contributed by atoms with Crippen LogP contribution in [0, 0.1) is 0 Å². The Morgan fingerprint density at radius 3 is 3.10 bits per heavy atom. The standard InChI is InChI=1S/C12H16BrN5O2/c1-17-9-3-4-18(6-8(9)15-12(17)19)11-14-5-7(13)10(16-11)20-2/h5,8-9H,3-4,6H2,1-2H3,(H,15,19)/t8-,9+/m1/s1. The highest BCUT2D eigenvalue weighted by Gasteiger charge is 2.41. The molecule has 7 nitrogen and oxygen atoms in total. The summed E-state index contributed by atoms with van der Waals surface area (Å²) in [6.45, 7) is 1.54. The number of nitrogens with one attached hydrogen (secondary N) is 1. The second-order valence-corrected chi connectivity index (χ2v) is 5.85. The van der Waals surface area contributed by atoms with Crippen LogP contribution < -0.4 is 15.0 Å². The summed E-state index contributed by atoms with van der Waals surface area (Å²) in [6, 6.07) is 0.381. The van der Waals surface area contributed by atoms with Crippen LogP contribution in [0.1, 0.15) is 6.42 Å². The number of urea groups is 1. The lowest BCUT2D eigenvalue weighted by Gasteiger charge is -2.35. The van der Waals surface area contributed by atoms with Gasteiger partial charge in [0.1, 0.15) is 0 Å². The first-order chi connectivity index (χ1) is 9.60. The van der Waals surface area contributed by atoms with Crippen molar-refractivity contribution in [1.82, 2.24) is 20.2 Å². The topological polar surface area (TPSA) is 70.6 Å². The van der Waals surface area contributed by atoms with Crippen LogP contribution in [0.25, 0.3) is 0 Å². The molecule has 0 bridgehead atoms. The molecule has 0 spiro atoms. The Morgan fingerprint density at radius 2 is 2.35 bits per heavy atom. The quantitative estimate of drug-likeness (QED) is 0.863. The third-order valence-electron chi connectivity index (χ3n) is 3.88. The highest BCUT2D eigenvalue weighted by atomic mass is 79.9. The summed E-state index contributed by atoms with van der Waals surface area (Å²) >= 11 is 3.34. The van der Waals surface area contributed by atoms with E-state index >= 15 is 0 Å². The average Bonchev–Trinajstić information content (AvgIpc) is 2.74. The zero-order chi connectivity index (χ0) is 14.3. The number of hydrogen-bond acceptors (Lipinski definition) is 5. The minimum absolute atomic E-state index is 0.00356. The normalized spacial score (nSPS) is 25.4. The van der Waals surface area contributed by atoms with Crippen LogP contribution in [0.4, 0.5) is 10.7 Å². The molecule has 2 fully saturated rings. The third kappa shape index (κ3) is 2.17. The van der Waals surface area contributed by atoms with E-state index in [-0.39, 0.29) is 18.1 Å². The Labute approximate surface area is 125 Å². The van der Waals surface area contributed by atoms with Crippen molar-refractivity contribution >= 4 is 27.9 Å². The van der Waals surface area contributed by atoms with Gasteiger partial charge in [0.05, 0.1) is 29.9 Å². The Hall–Kier alpha value is -1.57. The zero-order valence-electron chi connectivity index (χ0n) is 11.3. The van der Waals surface area contributed by atoms with Crippen molar-refractivity contribution in [1.29, 1.82) is 0 Å². The van der Waals surface area contributed by atoms with Gasteiger partial charge in [0.15, 0.2) is 0 Å². The van der Waals surface area contributed by atoms with Gasteiger partial charge in [-0.25, -0.2) is 9.78 Å². The van der Waals surface area contributed by atoms with Crippen LogP contribution in [-0.2, 0) is 0 Å². The zero-order valence-corrected chi connectivity index (χ0v) is 12.9. The molecule has 2 saturated heterocycles. The van der Waals surface area contributed by atoms with Crippen LogP contribution in [0.15, 0.2) is 10.7 Å². The molecule has 2 aliphatic heterocycles. The number of halogens is 1. The maximum atomic E-state index is 11.7.